The highest BCUT2D eigenvalue weighted by Crippen LogP contribution is 2.37. The minimum atomic E-state index is 0.609. The van der Waals surface area contributed by atoms with E-state index in [1.807, 2.05) is 12.1 Å². The summed E-state index contributed by atoms with van der Waals surface area (Å²) in [6.07, 6.45) is 3.97. The molecule has 1 aromatic carbocycles. The number of rotatable bonds is 4. The van der Waals surface area contributed by atoms with Crippen LogP contribution in [0.4, 0.5) is 5.69 Å². The summed E-state index contributed by atoms with van der Waals surface area (Å²) in [6.45, 7) is 5.72. The topological polar surface area (TPSA) is 51.1 Å². The smallest absolute Gasteiger partial charge is 0.170 e. The number of piperidine rings is 3. The molecule has 4 unspecified atom stereocenters. The Bertz CT molecular complexity index is 592. The fourth-order valence-corrected chi connectivity index (χ4v) is 4.14. The molecule has 3 fully saturated rings. The van der Waals surface area contributed by atoms with Crippen molar-refractivity contribution in [1.29, 1.82) is 5.26 Å². The highest BCUT2D eigenvalue weighted by atomic mass is 32.1. The average molecular weight is 328 g/mol. The molecule has 0 aromatic heterocycles. The molecule has 4 nitrogen and oxygen atoms in total. The van der Waals surface area contributed by atoms with Gasteiger partial charge in [0.25, 0.3) is 0 Å². The Morgan fingerprint density at radius 1 is 1.39 bits per heavy atom. The lowest BCUT2D eigenvalue weighted by Gasteiger charge is -2.50. The summed E-state index contributed by atoms with van der Waals surface area (Å²) in [5, 5.41) is 16.0. The summed E-state index contributed by atoms with van der Waals surface area (Å²) < 4.78 is 0. The van der Waals surface area contributed by atoms with Gasteiger partial charge in [-0.3, -0.25) is 4.90 Å². The lowest BCUT2D eigenvalue weighted by molar-refractivity contribution is 0.00212. The predicted octanol–water partition coefficient (Wildman–Crippen LogP) is 2.97. The quantitative estimate of drug-likeness (QED) is 0.832. The van der Waals surface area contributed by atoms with Crippen molar-refractivity contribution in [1.82, 2.24) is 10.2 Å². The normalized spacial score (nSPS) is 28.9. The van der Waals surface area contributed by atoms with Crippen molar-refractivity contribution in [3.63, 3.8) is 0 Å². The molecule has 5 heteroatoms. The lowest BCUT2D eigenvalue weighted by Crippen LogP contribution is -2.56. The molecule has 0 radical (unpaired) electrons. The van der Waals surface area contributed by atoms with Crippen LogP contribution in [-0.4, -0.2) is 35.7 Å². The van der Waals surface area contributed by atoms with Crippen molar-refractivity contribution < 1.29 is 0 Å². The van der Waals surface area contributed by atoms with Gasteiger partial charge < -0.3 is 10.6 Å². The number of nitriles is 1. The summed E-state index contributed by atoms with van der Waals surface area (Å²) in [5.41, 5.74) is 1.57. The molecular weight excluding hydrogens is 304 g/mol. The molecule has 0 saturated carbocycles. The second kappa shape index (κ2) is 7.29. The second-order valence-electron chi connectivity index (χ2n) is 6.63. The lowest BCUT2D eigenvalue weighted by atomic mass is 9.74. The minimum Gasteiger partial charge on any atom is -0.361 e. The number of benzene rings is 1. The van der Waals surface area contributed by atoms with Crippen molar-refractivity contribution in [2.24, 2.45) is 11.8 Å². The van der Waals surface area contributed by atoms with E-state index < -0.39 is 0 Å². The van der Waals surface area contributed by atoms with Crippen LogP contribution >= 0.6 is 12.2 Å². The average Bonchev–Trinajstić information content (AvgIpc) is 2.61. The molecule has 0 amide bonds. The third kappa shape index (κ3) is 3.82. The number of thiocarbonyl (C=S) groups is 1. The van der Waals surface area contributed by atoms with E-state index in [9.17, 15) is 0 Å². The molecule has 4 atom stereocenters. The van der Waals surface area contributed by atoms with Crippen molar-refractivity contribution >= 4 is 23.0 Å². The Morgan fingerprint density at radius 2 is 2.17 bits per heavy atom. The zero-order chi connectivity index (χ0) is 16.2. The van der Waals surface area contributed by atoms with Crippen LogP contribution in [0.1, 0.15) is 31.7 Å². The molecule has 0 spiro atoms. The summed E-state index contributed by atoms with van der Waals surface area (Å²) in [6, 6.07) is 10.1. The minimum absolute atomic E-state index is 0.609. The highest BCUT2D eigenvalue weighted by molar-refractivity contribution is 7.80. The molecule has 1 aromatic rings. The fourth-order valence-electron chi connectivity index (χ4n) is 3.94. The summed E-state index contributed by atoms with van der Waals surface area (Å²) in [7, 11) is 0. The van der Waals surface area contributed by atoms with Gasteiger partial charge in [-0.15, -0.1) is 0 Å². The zero-order valence-electron chi connectivity index (χ0n) is 13.6. The first-order valence-electron chi connectivity index (χ1n) is 8.48. The Hall–Kier alpha value is -1.64. The predicted molar refractivity (Wildman–Crippen MR) is 97.2 cm³/mol. The number of nitrogens with zero attached hydrogens (tertiary/aromatic N) is 2. The monoisotopic (exact) mass is 328 g/mol. The molecule has 3 saturated heterocycles. The van der Waals surface area contributed by atoms with Gasteiger partial charge in [-0.25, -0.2) is 0 Å². The molecule has 0 aliphatic carbocycles. The number of hydrogen-bond donors (Lipinski definition) is 2. The van der Waals surface area contributed by atoms with Crippen LogP contribution in [0, 0.1) is 23.2 Å². The Labute approximate surface area is 143 Å². The van der Waals surface area contributed by atoms with E-state index in [1.54, 1.807) is 12.1 Å². The molecule has 122 valence electrons. The molecule has 3 aliphatic heterocycles. The highest BCUT2D eigenvalue weighted by Gasteiger charge is 2.38. The van der Waals surface area contributed by atoms with E-state index in [0.717, 1.165) is 24.1 Å². The maximum Gasteiger partial charge on any atom is 0.170 e. The molecule has 2 N–H and O–H groups in total. The SMILES string of the molecule is CCC1CN2CCC1CC2CNC(=S)Nc1ccc(C#N)cc1. The van der Waals surface area contributed by atoms with Gasteiger partial charge in [0.1, 0.15) is 0 Å². The van der Waals surface area contributed by atoms with Crippen LogP contribution in [0.3, 0.4) is 0 Å². The van der Waals surface area contributed by atoms with Crippen LogP contribution in [0.25, 0.3) is 0 Å². The number of fused-ring (bicyclic) bond motifs is 3. The van der Waals surface area contributed by atoms with Gasteiger partial charge in [0.05, 0.1) is 11.6 Å². The number of anilines is 1. The van der Waals surface area contributed by atoms with Gasteiger partial charge in [0.2, 0.25) is 0 Å². The largest absolute Gasteiger partial charge is 0.361 e. The van der Waals surface area contributed by atoms with E-state index in [2.05, 4.69) is 28.5 Å². The molecular formula is C18H24N4S. The summed E-state index contributed by atoms with van der Waals surface area (Å²) in [5.74, 6) is 1.79. The van der Waals surface area contributed by atoms with Crippen molar-refractivity contribution in [3.05, 3.63) is 29.8 Å². The Balaban J connectivity index is 1.47. The van der Waals surface area contributed by atoms with Crippen LogP contribution in [-0.2, 0) is 0 Å². The van der Waals surface area contributed by atoms with E-state index in [0.29, 0.717) is 16.7 Å². The van der Waals surface area contributed by atoms with Gasteiger partial charge in [-0.05, 0) is 67.7 Å². The maximum atomic E-state index is 8.81. The van der Waals surface area contributed by atoms with E-state index in [-0.39, 0.29) is 0 Å². The molecule has 2 bridgehead atoms. The van der Waals surface area contributed by atoms with Crippen LogP contribution in [0.5, 0.6) is 0 Å². The van der Waals surface area contributed by atoms with E-state index in [1.165, 1.54) is 32.4 Å². The zero-order valence-corrected chi connectivity index (χ0v) is 14.4. The third-order valence-corrected chi connectivity index (χ3v) is 5.55. The molecule has 3 aliphatic rings. The van der Waals surface area contributed by atoms with Gasteiger partial charge in [0.15, 0.2) is 5.11 Å². The maximum absolute atomic E-state index is 8.81. The first-order valence-corrected chi connectivity index (χ1v) is 8.89. The molecule has 3 heterocycles. The van der Waals surface area contributed by atoms with E-state index in [4.69, 9.17) is 17.5 Å². The van der Waals surface area contributed by atoms with Crippen molar-refractivity contribution in [2.45, 2.75) is 32.2 Å². The Morgan fingerprint density at radius 3 is 2.78 bits per heavy atom. The third-order valence-electron chi connectivity index (χ3n) is 5.31. The van der Waals surface area contributed by atoms with Gasteiger partial charge in [0, 0.05) is 24.8 Å². The molecule has 4 rings (SSSR count). The summed E-state index contributed by atoms with van der Waals surface area (Å²) >= 11 is 5.39. The van der Waals surface area contributed by atoms with Crippen molar-refractivity contribution in [3.8, 4) is 6.07 Å². The number of nitrogens with one attached hydrogen (secondary N) is 2. The van der Waals surface area contributed by atoms with Gasteiger partial charge in [-0.1, -0.05) is 13.3 Å². The van der Waals surface area contributed by atoms with Crippen molar-refractivity contribution in [2.75, 3.05) is 25.0 Å². The Kier molecular flexibility index (Phi) is 5.14. The standard InChI is InChI=1S/C18H24N4S/c1-2-14-12-22-8-7-15(14)9-17(22)11-20-18(23)21-16-5-3-13(10-19)4-6-16/h3-6,14-15,17H,2,7-9,11-12H2,1H3,(H2,20,21,23). The van der Waals surface area contributed by atoms with Crippen LogP contribution < -0.4 is 10.6 Å². The van der Waals surface area contributed by atoms with Gasteiger partial charge >= 0.3 is 0 Å². The fraction of sp³-hybridized carbons (Fsp3) is 0.556. The molecule has 23 heavy (non-hydrogen) atoms. The van der Waals surface area contributed by atoms with E-state index >= 15 is 0 Å². The first kappa shape index (κ1) is 16.2. The second-order valence-corrected chi connectivity index (χ2v) is 7.03. The van der Waals surface area contributed by atoms with Crippen LogP contribution in [0.15, 0.2) is 24.3 Å². The first-order chi connectivity index (χ1) is 11.2. The summed E-state index contributed by atoms with van der Waals surface area (Å²) in [4.78, 5) is 2.63. The van der Waals surface area contributed by atoms with Gasteiger partial charge in [-0.2, -0.15) is 5.26 Å². The number of hydrogen-bond acceptors (Lipinski definition) is 3. The van der Waals surface area contributed by atoms with Crippen LogP contribution in [0.2, 0.25) is 0 Å².